The number of guanidine groups is 1. The summed E-state index contributed by atoms with van der Waals surface area (Å²) in [6.45, 7) is 2.26. The van der Waals surface area contributed by atoms with Gasteiger partial charge in [-0.15, -0.1) is 24.0 Å². The number of ether oxygens (including phenoxy) is 1. The molecule has 0 unspecified atom stereocenters. The van der Waals surface area contributed by atoms with Crippen molar-refractivity contribution in [1.82, 2.24) is 10.6 Å². The summed E-state index contributed by atoms with van der Waals surface area (Å²) in [5.74, 6) is 0.797. The highest BCUT2D eigenvalue weighted by Gasteiger charge is 2.13. The van der Waals surface area contributed by atoms with E-state index in [2.05, 4.69) is 20.9 Å². The minimum atomic E-state index is -0.261. The minimum Gasteiger partial charge on any atom is -0.459 e. The van der Waals surface area contributed by atoms with Crippen LogP contribution in [0.3, 0.4) is 0 Å². The van der Waals surface area contributed by atoms with Gasteiger partial charge in [0, 0.05) is 32.4 Å². The Balaban J connectivity index is 0.00000341. The lowest BCUT2D eigenvalue weighted by molar-refractivity contribution is 0.0277. The number of furan rings is 1. The van der Waals surface area contributed by atoms with Gasteiger partial charge in [0.2, 0.25) is 0 Å². The van der Waals surface area contributed by atoms with Crippen LogP contribution in [-0.4, -0.2) is 38.2 Å². The minimum absolute atomic E-state index is 0. The number of carbonyl (C=O) groups is 1. The zero-order valence-electron chi connectivity index (χ0n) is 18.1. The van der Waals surface area contributed by atoms with Crippen molar-refractivity contribution in [2.24, 2.45) is 4.99 Å². The number of nitrogens with zero attached hydrogens (tertiary/aromatic N) is 1. The van der Waals surface area contributed by atoms with Gasteiger partial charge in [0.25, 0.3) is 5.91 Å². The lowest BCUT2D eigenvalue weighted by Crippen LogP contribution is -2.37. The van der Waals surface area contributed by atoms with Gasteiger partial charge in [0.05, 0.1) is 12.4 Å². The number of carbonyl (C=O) groups excluding carboxylic acids is 1. The lowest BCUT2D eigenvalue weighted by Gasteiger charge is -2.22. The van der Waals surface area contributed by atoms with Gasteiger partial charge < -0.3 is 25.1 Å². The van der Waals surface area contributed by atoms with Crippen molar-refractivity contribution in [3.63, 3.8) is 0 Å². The quantitative estimate of drug-likeness (QED) is 0.188. The van der Waals surface area contributed by atoms with Crippen LogP contribution in [0.25, 0.3) is 0 Å². The smallest absolute Gasteiger partial charge is 0.291 e. The Morgan fingerprint density at radius 1 is 1.13 bits per heavy atom. The van der Waals surface area contributed by atoms with E-state index < -0.39 is 0 Å². The number of nitrogens with one attached hydrogen (secondary N) is 3. The average Bonchev–Trinajstić information content (AvgIpc) is 3.32. The van der Waals surface area contributed by atoms with Crippen molar-refractivity contribution in [2.45, 2.75) is 51.2 Å². The summed E-state index contributed by atoms with van der Waals surface area (Å²) in [5.41, 5.74) is 1.82. The zero-order valence-corrected chi connectivity index (χ0v) is 20.4. The fourth-order valence-corrected chi connectivity index (χ4v) is 3.47. The molecule has 0 bridgehead atoms. The van der Waals surface area contributed by atoms with E-state index in [1.165, 1.54) is 38.4 Å². The molecule has 1 amide bonds. The zero-order chi connectivity index (χ0) is 21.0. The Labute approximate surface area is 201 Å². The SMILES string of the molecule is CN=C(NCCCOC1CCCCC1)NCc1ccc(NC(=O)c2ccco2)cc1.I. The number of hydrogen-bond donors (Lipinski definition) is 3. The molecule has 31 heavy (non-hydrogen) atoms. The highest BCUT2D eigenvalue weighted by atomic mass is 127. The van der Waals surface area contributed by atoms with E-state index in [1.54, 1.807) is 19.2 Å². The van der Waals surface area contributed by atoms with Gasteiger partial charge >= 0.3 is 0 Å². The van der Waals surface area contributed by atoms with Crippen LogP contribution in [0.4, 0.5) is 5.69 Å². The first-order chi connectivity index (χ1) is 14.7. The molecular weight excluding hydrogens is 507 g/mol. The Kier molecular flexibility index (Phi) is 11.4. The molecule has 0 radical (unpaired) electrons. The van der Waals surface area contributed by atoms with E-state index in [1.807, 2.05) is 24.3 Å². The molecule has 0 spiro atoms. The average molecular weight is 540 g/mol. The second kappa shape index (κ2) is 14.1. The van der Waals surface area contributed by atoms with E-state index in [0.29, 0.717) is 18.4 Å². The van der Waals surface area contributed by atoms with Crippen molar-refractivity contribution in [3.05, 3.63) is 54.0 Å². The van der Waals surface area contributed by atoms with Crippen LogP contribution in [0.1, 0.15) is 54.6 Å². The van der Waals surface area contributed by atoms with Crippen molar-refractivity contribution in [3.8, 4) is 0 Å². The van der Waals surface area contributed by atoms with E-state index in [0.717, 1.165) is 36.8 Å². The summed E-state index contributed by atoms with van der Waals surface area (Å²) in [6.07, 6.45) is 9.28. The highest BCUT2D eigenvalue weighted by Crippen LogP contribution is 2.20. The molecule has 1 aromatic heterocycles. The normalized spacial score (nSPS) is 14.5. The van der Waals surface area contributed by atoms with Crippen molar-refractivity contribution in [2.75, 3.05) is 25.5 Å². The maximum Gasteiger partial charge on any atom is 0.291 e. The topological polar surface area (TPSA) is 87.9 Å². The number of aliphatic imine (C=N–C) groups is 1. The van der Waals surface area contributed by atoms with Crippen LogP contribution in [0.5, 0.6) is 0 Å². The first-order valence-electron chi connectivity index (χ1n) is 10.7. The third-order valence-corrected chi connectivity index (χ3v) is 5.16. The maximum atomic E-state index is 12.0. The lowest BCUT2D eigenvalue weighted by atomic mass is 9.98. The Hall–Kier alpha value is -2.07. The van der Waals surface area contributed by atoms with Crippen molar-refractivity contribution in [1.29, 1.82) is 0 Å². The van der Waals surface area contributed by atoms with Gasteiger partial charge in [-0.2, -0.15) is 0 Å². The fraction of sp³-hybridized carbons (Fsp3) is 0.478. The molecule has 7 nitrogen and oxygen atoms in total. The van der Waals surface area contributed by atoms with E-state index in [-0.39, 0.29) is 29.9 Å². The molecule has 3 rings (SSSR count). The standard InChI is InChI=1S/C23H32N4O3.HI/c1-24-23(25-14-6-16-29-20-7-3-2-4-8-20)26-17-18-10-12-19(13-11-18)27-22(28)21-9-5-15-30-21;/h5,9-13,15,20H,2-4,6-8,14,16-17H2,1H3,(H,27,28)(H2,24,25,26);1H. The first-order valence-corrected chi connectivity index (χ1v) is 10.7. The molecule has 1 aromatic carbocycles. The van der Waals surface area contributed by atoms with E-state index in [4.69, 9.17) is 9.15 Å². The number of benzene rings is 1. The van der Waals surface area contributed by atoms with Crippen LogP contribution in [0, 0.1) is 0 Å². The van der Waals surface area contributed by atoms with Crippen LogP contribution < -0.4 is 16.0 Å². The van der Waals surface area contributed by atoms with Crippen LogP contribution in [-0.2, 0) is 11.3 Å². The van der Waals surface area contributed by atoms with Crippen molar-refractivity contribution >= 4 is 41.5 Å². The summed E-state index contributed by atoms with van der Waals surface area (Å²) in [5, 5.41) is 9.44. The van der Waals surface area contributed by atoms with Gasteiger partial charge in [-0.25, -0.2) is 0 Å². The molecular formula is C23H33IN4O3. The summed E-state index contributed by atoms with van der Waals surface area (Å²) in [7, 11) is 1.77. The molecule has 1 aliphatic rings. The molecule has 1 aliphatic carbocycles. The molecule has 0 aliphatic heterocycles. The number of amides is 1. The Bertz CT molecular complexity index is 788. The predicted octanol–water partition coefficient (Wildman–Crippen LogP) is 4.55. The van der Waals surface area contributed by atoms with Crippen LogP contribution >= 0.6 is 24.0 Å². The first kappa shape index (κ1) is 25.2. The van der Waals surface area contributed by atoms with E-state index in [9.17, 15) is 4.79 Å². The van der Waals surface area contributed by atoms with Gasteiger partial charge in [-0.05, 0) is 49.1 Å². The molecule has 3 N–H and O–H groups in total. The molecule has 2 aromatic rings. The second-order valence-electron chi connectivity index (χ2n) is 7.47. The molecule has 1 saturated carbocycles. The van der Waals surface area contributed by atoms with Crippen LogP contribution in [0.2, 0.25) is 0 Å². The van der Waals surface area contributed by atoms with Gasteiger partial charge in [0.1, 0.15) is 0 Å². The molecule has 0 atom stereocenters. The third-order valence-electron chi connectivity index (χ3n) is 5.16. The van der Waals surface area contributed by atoms with Crippen LogP contribution in [0.15, 0.2) is 52.1 Å². The monoisotopic (exact) mass is 540 g/mol. The second-order valence-corrected chi connectivity index (χ2v) is 7.47. The highest BCUT2D eigenvalue weighted by molar-refractivity contribution is 14.0. The number of halogens is 1. The van der Waals surface area contributed by atoms with Crippen molar-refractivity contribution < 1.29 is 13.9 Å². The largest absolute Gasteiger partial charge is 0.459 e. The molecule has 8 heteroatoms. The molecule has 1 fully saturated rings. The molecule has 170 valence electrons. The number of rotatable bonds is 9. The molecule has 1 heterocycles. The maximum absolute atomic E-state index is 12.0. The summed E-state index contributed by atoms with van der Waals surface area (Å²) in [6, 6.07) is 11.0. The third kappa shape index (κ3) is 8.90. The summed E-state index contributed by atoms with van der Waals surface area (Å²) in [4.78, 5) is 16.3. The Morgan fingerprint density at radius 3 is 2.58 bits per heavy atom. The summed E-state index contributed by atoms with van der Waals surface area (Å²) >= 11 is 0. The predicted molar refractivity (Wildman–Crippen MR) is 134 cm³/mol. The summed E-state index contributed by atoms with van der Waals surface area (Å²) < 4.78 is 11.1. The molecule has 0 saturated heterocycles. The van der Waals surface area contributed by atoms with E-state index >= 15 is 0 Å². The van der Waals surface area contributed by atoms with Gasteiger partial charge in [-0.3, -0.25) is 9.79 Å². The fourth-order valence-electron chi connectivity index (χ4n) is 3.47. The number of anilines is 1. The number of hydrogen-bond acceptors (Lipinski definition) is 4. The van der Waals surface area contributed by atoms with Gasteiger partial charge in [0.15, 0.2) is 11.7 Å². The van der Waals surface area contributed by atoms with Gasteiger partial charge in [-0.1, -0.05) is 31.4 Å². The Morgan fingerprint density at radius 2 is 1.90 bits per heavy atom.